The Balaban J connectivity index is 2.04. The van der Waals surface area contributed by atoms with E-state index in [1.807, 2.05) is 0 Å². The molecule has 0 bridgehead atoms. The summed E-state index contributed by atoms with van der Waals surface area (Å²) in [5, 5.41) is 9.19. The van der Waals surface area contributed by atoms with E-state index in [1.54, 1.807) is 19.9 Å². The fourth-order valence-corrected chi connectivity index (χ4v) is 2.88. The lowest BCUT2D eigenvalue weighted by atomic mass is 9.90. The molecule has 1 fully saturated rings. The van der Waals surface area contributed by atoms with Crippen LogP contribution >= 0.6 is 0 Å². The van der Waals surface area contributed by atoms with Gasteiger partial charge in [0.25, 0.3) is 0 Å². The molecule has 4 nitrogen and oxygen atoms in total. The Kier molecular flexibility index (Phi) is 4.92. The Morgan fingerprint density at radius 1 is 1.38 bits per heavy atom. The van der Waals surface area contributed by atoms with E-state index in [0.717, 1.165) is 12.1 Å². The zero-order valence-electron chi connectivity index (χ0n) is 13.6. The topological polar surface area (TPSA) is 57.6 Å². The SMILES string of the molecule is C[C@H](CC(=O)N1CC[C@](C)(C(=O)O)C1)c1cccc(C(F)(F)F)c1. The van der Waals surface area contributed by atoms with E-state index in [1.165, 1.54) is 11.0 Å². The molecule has 2 atom stereocenters. The third-order valence-electron chi connectivity index (χ3n) is 4.61. The van der Waals surface area contributed by atoms with Crippen LogP contribution in [0.4, 0.5) is 13.2 Å². The minimum absolute atomic E-state index is 0.0526. The van der Waals surface area contributed by atoms with Gasteiger partial charge in [-0.05, 0) is 30.9 Å². The molecular formula is C17H20F3NO3. The number of alkyl halides is 3. The lowest BCUT2D eigenvalue weighted by Crippen LogP contribution is -2.35. The van der Waals surface area contributed by atoms with Crippen LogP contribution in [-0.2, 0) is 15.8 Å². The van der Waals surface area contributed by atoms with Gasteiger partial charge in [-0.25, -0.2) is 0 Å². The Hall–Kier alpha value is -2.05. The second-order valence-corrected chi connectivity index (χ2v) is 6.66. The number of carboxylic acids is 1. The van der Waals surface area contributed by atoms with Crippen molar-refractivity contribution in [2.75, 3.05) is 13.1 Å². The highest BCUT2D eigenvalue weighted by Gasteiger charge is 2.42. The molecule has 24 heavy (non-hydrogen) atoms. The average Bonchev–Trinajstić information content (AvgIpc) is 2.90. The molecular weight excluding hydrogens is 323 g/mol. The number of benzene rings is 1. The number of nitrogens with zero attached hydrogens (tertiary/aromatic N) is 1. The molecule has 7 heteroatoms. The highest BCUT2D eigenvalue weighted by atomic mass is 19.4. The van der Waals surface area contributed by atoms with Crippen LogP contribution in [0.3, 0.4) is 0 Å². The second kappa shape index (κ2) is 6.45. The number of hydrogen-bond acceptors (Lipinski definition) is 2. The first kappa shape index (κ1) is 18.3. The largest absolute Gasteiger partial charge is 0.481 e. The molecule has 1 heterocycles. The molecule has 0 unspecified atom stereocenters. The Morgan fingerprint density at radius 2 is 2.04 bits per heavy atom. The van der Waals surface area contributed by atoms with Gasteiger partial charge in [0, 0.05) is 19.5 Å². The molecule has 0 saturated carbocycles. The molecule has 1 N–H and O–H groups in total. The molecule has 132 valence electrons. The third-order valence-corrected chi connectivity index (χ3v) is 4.61. The predicted octanol–water partition coefficient (Wildman–Crippen LogP) is 3.52. The zero-order valence-corrected chi connectivity index (χ0v) is 13.6. The van der Waals surface area contributed by atoms with Crippen LogP contribution in [0.25, 0.3) is 0 Å². The number of likely N-dealkylation sites (tertiary alicyclic amines) is 1. The fraction of sp³-hybridized carbons (Fsp3) is 0.529. The van der Waals surface area contributed by atoms with Crippen molar-refractivity contribution >= 4 is 11.9 Å². The maximum atomic E-state index is 12.8. The van der Waals surface area contributed by atoms with Crippen LogP contribution in [-0.4, -0.2) is 35.0 Å². The van der Waals surface area contributed by atoms with E-state index >= 15 is 0 Å². The first-order valence-corrected chi connectivity index (χ1v) is 7.71. The highest BCUT2D eigenvalue weighted by Crippen LogP contribution is 2.33. The Morgan fingerprint density at radius 3 is 2.58 bits per heavy atom. The number of hydrogen-bond donors (Lipinski definition) is 1. The van der Waals surface area contributed by atoms with Gasteiger partial charge in [0.2, 0.25) is 5.91 Å². The molecule has 1 aliphatic heterocycles. The smallest absolute Gasteiger partial charge is 0.416 e. The van der Waals surface area contributed by atoms with Crippen molar-refractivity contribution < 1.29 is 27.9 Å². The van der Waals surface area contributed by atoms with Gasteiger partial charge in [-0.2, -0.15) is 13.2 Å². The van der Waals surface area contributed by atoms with Crippen molar-refractivity contribution in [1.82, 2.24) is 4.90 Å². The lowest BCUT2D eigenvalue weighted by Gasteiger charge is -2.22. The quantitative estimate of drug-likeness (QED) is 0.910. The number of rotatable bonds is 4. The molecule has 1 saturated heterocycles. The van der Waals surface area contributed by atoms with Crippen molar-refractivity contribution in [3.05, 3.63) is 35.4 Å². The number of amides is 1. The van der Waals surface area contributed by atoms with Crippen molar-refractivity contribution in [2.45, 2.75) is 38.8 Å². The van der Waals surface area contributed by atoms with Gasteiger partial charge in [-0.15, -0.1) is 0 Å². The summed E-state index contributed by atoms with van der Waals surface area (Å²) >= 11 is 0. The molecule has 0 aromatic heterocycles. The predicted molar refractivity (Wildman–Crippen MR) is 81.4 cm³/mol. The standard InChI is InChI=1S/C17H20F3NO3/c1-11(12-4-3-5-13(9-12)17(18,19)20)8-14(22)21-7-6-16(2,10-21)15(23)24/h3-5,9,11H,6-8,10H2,1-2H3,(H,23,24)/t11-,16+/m1/s1. The van der Waals surface area contributed by atoms with Crippen molar-refractivity contribution in [3.8, 4) is 0 Å². The van der Waals surface area contributed by atoms with Crippen molar-refractivity contribution in [1.29, 1.82) is 0 Å². The summed E-state index contributed by atoms with van der Waals surface area (Å²) in [6.45, 7) is 3.78. The van der Waals surface area contributed by atoms with Crippen LogP contribution in [0.15, 0.2) is 24.3 Å². The molecule has 1 aromatic rings. The normalized spacial score (nSPS) is 22.5. The molecule has 0 spiro atoms. The molecule has 1 aromatic carbocycles. The second-order valence-electron chi connectivity index (χ2n) is 6.66. The Labute approximate surface area is 138 Å². The number of halogens is 3. The minimum atomic E-state index is -4.42. The van der Waals surface area contributed by atoms with Crippen LogP contribution in [0.1, 0.15) is 43.7 Å². The maximum absolute atomic E-state index is 12.8. The third kappa shape index (κ3) is 3.88. The summed E-state index contributed by atoms with van der Waals surface area (Å²) in [5.74, 6) is -1.55. The van der Waals surface area contributed by atoms with E-state index < -0.39 is 23.1 Å². The van der Waals surface area contributed by atoms with E-state index in [2.05, 4.69) is 0 Å². The molecule has 0 radical (unpaired) electrons. The summed E-state index contributed by atoms with van der Waals surface area (Å²) < 4.78 is 38.3. The van der Waals surface area contributed by atoms with E-state index in [9.17, 15) is 27.9 Å². The monoisotopic (exact) mass is 343 g/mol. The van der Waals surface area contributed by atoms with Crippen LogP contribution < -0.4 is 0 Å². The summed E-state index contributed by atoms with van der Waals surface area (Å²) in [7, 11) is 0. The zero-order chi connectivity index (χ0) is 18.1. The average molecular weight is 343 g/mol. The molecule has 1 amide bonds. The number of carbonyl (C=O) groups is 2. The first-order chi connectivity index (χ1) is 11.0. The number of carbonyl (C=O) groups excluding carboxylic acids is 1. The summed E-state index contributed by atoms with van der Waals surface area (Å²) in [4.78, 5) is 25.0. The van der Waals surface area contributed by atoms with Gasteiger partial charge in [-0.1, -0.05) is 25.1 Å². The van der Waals surface area contributed by atoms with E-state index in [4.69, 9.17) is 0 Å². The van der Waals surface area contributed by atoms with Gasteiger partial charge < -0.3 is 10.0 Å². The maximum Gasteiger partial charge on any atom is 0.416 e. The summed E-state index contributed by atoms with van der Waals surface area (Å²) in [6, 6.07) is 4.95. The fourth-order valence-electron chi connectivity index (χ4n) is 2.88. The molecule has 2 rings (SSSR count). The van der Waals surface area contributed by atoms with Crippen LogP contribution in [0.5, 0.6) is 0 Å². The first-order valence-electron chi connectivity index (χ1n) is 7.71. The lowest BCUT2D eigenvalue weighted by molar-refractivity contribution is -0.147. The number of carboxylic acid groups (broad SMARTS) is 1. The Bertz CT molecular complexity index is 644. The van der Waals surface area contributed by atoms with Gasteiger partial charge in [0.1, 0.15) is 0 Å². The van der Waals surface area contributed by atoms with Crippen LogP contribution in [0, 0.1) is 5.41 Å². The van der Waals surface area contributed by atoms with E-state index in [0.29, 0.717) is 18.5 Å². The van der Waals surface area contributed by atoms with Crippen molar-refractivity contribution in [2.24, 2.45) is 5.41 Å². The molecule has 1 aliphatic rings. The molecule has 0 aliphatic carbocycles. The van der Waals surface area contributed by atoms with E-state index in [-0.39, 0.29) is 24.8 Å². The van der Waals surface area contributed by atoms with Crippen molar-refractivity contribution in [3.63, 3.8) is 0 Å². The van der Waals surface area contributed by atoms with Gasteiger partial charge in [-0.3, -0.25) is 9.59 Å². The van der Waals surface area contributed by atoms with Crippen LogP contribution in [0.2, 0.25) is 0 Å². The van der Waals surface area contributed by atoms with Gasteiger partial charge in [0.05, 0.1) is 11.0 Å². The number of aliphatic carboxylic acids is 1. The van der Waals surface area contributed by atoms with Gasteiger partial charge >= 0.3 is 12.1 Å². The van der Waals surface area contributed by atoms with Gasteiger partial charge in [0.15, 0.2) is 0 Å². The minimum Gasteiger partial charge on any atom is -0.481 e. The summed E-state index contributed by atoms with van der Waals surface area (Å²) in [5.41, 5.74) is -1.24. The highest BCUT2D eigenvalue weighted by molar-refractivity contribution is 5.81. The summed E-state index contributed by atoms with van der Waals surface area (Å²) in [6.07, 6.45) is -3.99.